The van der Waals surface area contributed by atoms with Crippen LogP contribution in [0.4, 0.5) is 5.69 Å². The van der Waals surface area contributed by atoms with Crippen LogP contribution in [0.3, 0.4) is 0 Å². The lowest BCUT2D eigenvalue weighted by molar-refractivity contribution is -0.122. The lowest BCUT2D eigenvalue weighted by Gasteiger charge is -2.28. The van der Waals surface area contributed by atoms with Gasteiger partial charge in [-0.15, -0.1) is 0 Å². The number of methoxy groups -OCH3 is 1. The molecule has 3 aromatic rings. The zero-order valence-electron chi connectivity index (χ0n) is 21.3. The largest absolute Gasteiger partial charge is 0.375 e. The molecule has 0 atom stereocenters. The monoisotopic (exact) mass is 521 g/mol. The number of nitrogens with zero attached hydrogens (tertiary/aromatic N) is 5. The van der Waals surface area contributed by atoms with Crippen LogP contribution in [0.1, 0.15) is 33.6 Å². The normalized spacial score (nSPS) is 15.1. The van der Waals surface area contributed by atoms with Crippen LogP contribution in [-0.4, -0.2) is 71.5 Å². The molecule has 0 unspecified atom stereocenters. The van der Waals surface area contributed by atoms with Gasteiger partial charge in [0.25, 0.3) is 11.8 Å². The molecule has 8 nitrogen and oxygen atoms in total. The van der Waals surface area contributed by atoms with Gasteiger partial charge in [0, 0.05) is 57.6 Å². The number of rotatable bonds is 5. The van der Waals surface area contributed by atoms with Crippen LogP contribution < -0.4 is 4.90 Å². The van der Waals surface area contributed by atoms with Crippen molar-refractivity contribution < 1.29 is 14.3 Å². The quantitative estimate of drug-likeness (QED) is 0.505. The lowest BCUT2D eigenvalue weighted by Crippen LogP contribution is -2.39. The number of carbonyl (C=O) groups is 2. The van der Waals surface area contributed by atoms with E-state index in [0.717, 1.165) is 25.1 Å². The first-order valence-electron chi connectivity index (χ1n) is 12.4. The molecule has 2 heterocycles. The topological polar surface area (TPSA) is 78.9 Å². The van der Waals surface area contributed by atoms with Gasteiger partial charge in [-0.05, 0) is 36.6 Å². The number of carbonyl (C=O) groups excluding carboxylic acids is 2. The second-order valence-electron chi connectivity index (χ2n) is 9.12. The Bertz CT molecular complexity index is 1220. The average molecular weight is 522 g/mol. The highest BCUT2D eigenvalue weighted by Gasteiger charge is 2.25. The van der Waals surface area contributed by atoms with E-state index >= 15 is 0 Å². The highest BCUT2D eigenvalue weighted by atomic mass is 35.5. The van der Waals surface area contributed by atoms with Crippen LogP contribution in [-0.2, 0) is 22.6 Å². The van der Waals surface area contributed by atoms with Gasteiger partial charge in [0.05, 0.1) is 16.9 Å². The summed E-state index contributed by atoms with van der Waals surface area (Å²) in [7, 11) is 1.51. The maximum Gasteiger partial charge on any atom is 0.257 e. The molecule has 9 heteroatoms. The lowest BCUT2D eigenvalue weighted by atomic mass is 10.1. The van der Waals surface area contributed by atoms with Crippen LogP contribution >= 0.6 is 11.6 Å². The Labute approximate surface area is 222 Å². The maximum absolute atomic E-state index is 13.7. The molecule has 0 aliphatic carbocycles. The highest BCUT2D eigenvalue weighted by molar-refractivity contribution is 6.31. The summed E-state index contributed by atoms with van der Waals surface area (Å²) in [6, 6.07) is 15.7. The Morgan fingerprint density at radius 2 is 1.86 bits per heavy atom. The van der Waals surface area contributed by atoms with Crippen molar-refractivity contribution in [3.63, 3.8) is 0 Å². The summed E-state index contributed by atoms with van der Waals surface area (Å²) in [5.41, 5.74) is 3.83. The molecule has 0 saturated heterocycles. The smallest absolute Gasteiger partial charge is 0.257 e. The molecular formula is C28H32ClN5O3. The van der Waals surface area contributed by atoms with Gasteiger partial charge in [0.2, 0.25) is 0 Å². The van der Waals surface area contributed by atoms with Crippen LogP contribution in [0, 0.1) is 6.92 Å². The first-order valence-corrected chi connectivity index (χ1v) is 12.7. The molecule has 37 heavy (non-hydrogen) atoms. The predicted octanol–water partition coefficient (Wildman–Crippen LogP) is 3.97. The maximum atomic E-state index is 13.7. The number of fused-ring (bicyclic) bond motifs is 1. The first-order chi connectivity index (χ1) is 18.0. The third-order valence-corrected chi connectivity index (χ3v) is 6.72. The van der Waals surface area contributed by atoms with Gasteiger partial charge >= 0.3 is 0 Å². The molecule has 194 valence electrons. The molecule has 2 amide bonds. The number of aromatic nitrogens is 2. The van der Waals surface area contributed by atoms with Gasteiger partial charge in [-0.25, -0.2) is 9.97 Å². The van der Waals surface area contributed by atoms with Crippen LogP contribution in [0.25, 0.3) is 0 Å². The molecule has 0 saturated carbocycles. The zero-order chi connectivity index (χ0) is 26.2. The van der Waals surface area contributed by atoms with Crippen molar-refractivity contribution in [2.24, 2.45) is 0 Å². The van der Waals surface area contributed by atoms with Crippen molar-refractivity contribution in [2.45, 2.75) is 26.4 Å². The van der Waals surface area contributed by atoms with Gasteiger partial charge in [0.1, 0.15) is 12.9 Å². The number of ether oxygens (including phenoxy) is 1. The Hall–Kier alpha value is -3.33. The highest BCUT2D eigenvalue weighted by Crippen LogP contribution is 2.28. The SMILES string of the molecule is COCC(=O)N1CCCN(Cc2ccccc2)CCN(C(=O)c2cncnc2C)Cc2ccc(Cl)cc21. The van der Waals surface area contributed by atoms with Gasteiger partial charge in [-0.1, -0.05) is 48.0 Å². The molecule has 0 bridgehead atoms. The fraction of sp³-hybridized carbons (Fsp3) is 0.357. The molecule has 1 aliphatic heterocycles. The van der Waals surface area contributed by atoms with E-state index in [-0.39, 0.29) is 18.4 Å². The molecule has 0 fully saturated rings. The van der Waals surface area contributed by atoms with E-state index < -0.39 is 0 Å². The van der Waals surface area contributed by atoms with E-state index in [9.17, 15) is 9.59 Å². The van der Waals surface area contributed by atoms with Crippen molar-refractivity contribution in [3.8, 4) is 0 Å². The summed E-state index contributed by atoms with van der Waals surface area (Å²) in [5, 5.41) is 0.528. The number of amides is 2. The van der Waals surface area contributed by atoms with E-state index in [4.69, 9.17) is 16.3 Å². The van der Waals surface area contributed by atoms with Crippen LogP contribution in [0.5, 0.6) is 0 Å². The van der Waals surface area contributed by atoms with E-state index in [1.807, 2.05) is 31.2 Å². The van der Waals surface area contributed by atoms with Crippen molar-refractivity contribution in [1.82, 2.24) is 19.8 Å². The minimum Gasteiger partial charge on any atom is -0.375 e. The molecular weight excluding hydrogens is 490 g/mol. The first kappa shape index (κ1) is 26.7. The number of aryl methyl sites for hydroxylation is 1. The van der Waals surface area contributed by atoms with Crippen molar-refractivity contribution in [3.05, 3.63) is 88.5 Å². The number of hydrogen-bond acceptors (Lipinski definition) is 6. The van der Waals surface area contributed by atoms with E-state index in [0.29, 0.717) is 48.1 Å². The zero-order valence-corrected chi connectivity index (χ0v) is 22.0. The van der Waals surface area contributed by atoms with E-state index in [1.54, 1.807) is 28.1 Å². The van der Waals surface area contributed by atoms with Crippen molar-refractivity contribution in [2.75, 3.05) is 44.8 Å². The molecule has 0 N–H and O–H groups in total. The molecule has 1 aromatic heterocycles. The second kappa shape index (κ2) is 12.8. The Morgan fingerprint density at radius 3 is 2.62 bits per heavy atom. The molecule has 1 aliphatic rings. The summed E-state index contributed by atoms with van der Waals surface area (Å²) in [4.78, 5) is 41.0. The number of anilines is 1. The fourth-order valence-corrected chi connectivity index (χ4v) is 4.72. The summed E-state index contributed by atoms with van der Waals surface area (Å²) in [6.45, 7) is 5.30. The Balaban J connectivity index is 1.71. The minimum absolute atomic E-state index is 0.0388. The van der Waals surface area contributed by atoms with Gasteiger partial charge < -0.3 is 14.5 Å². The van der Waals surface area contributed by atoms with Gasteiger partial charge in [-0.3, -0.25) is 14.5 Å². The van der Waals surface area contributed by atoms with Crippen LogP contribution in [0.15, 0.2) is 61.1 Å². The van der Waals surface area contributed by atoms with E-state index in [2.05, 4.69) is 27.0 Å². The Kier molecular flexibility index (Phi) is 9.22. The summed E-state index contributed by atoms with van der Waals surface area (Å²) in [5.74, 6) is -0.294. The summed E-state index contributed by atoms with van der Waals surface area (Å²) >= 11 is 6.38. The van der Waals surface area contributed by atoms with Crippen molar-refractivity contribution >= 4 is 29.1 Å². The van der Waals surface area contributed by atoms with Crippen LogP contribution in [0.2, 0.25) is 5.02 Å². The third kappa shape index (κ3) is 6.91. The number of benzene rings is 2. The second-order valence-corrected chi connectivity index (χ2v) is 9.55. The van der Waals surface area contributed by atoms with Crippen molar-refractivity contribution in [1.29, 1.82) is 0 Å². The van der Waals surface area contributed by atoms with Gasteiger partial charge in [-0.2, -0.15) is 0 Å². The summed E-state index contributed by atoms with van der Waals surface area (Å²) in [6.07, 6.45) is 3.76. The predicted molar refractivity (Wildman–Crippen MR) is 144 cm³/mol. The standard InChI is InChI=1S/C28H32ClN5O3/c1-21-25(16-30-20-31-21)28(36)33-14-13-32(17-22-7-4-3-5-8-22)11-6-12-34(27(35)19-37-2)26-15-24(29)10-9-23(26)18-33/h3-5,7-10,15-16,20H,6,11-14,17-19H2,1-2H3. The molecule has 4 rings (SSSR count). The number of halogens is 1. The summed E-state index contributed by atoms with van der Waals surface area (Å²) < 4.78 is 5.17. The number of hydrogen-bond donors (Lipinski definition) is 0. The fourth-order valence-electron chi connectivity index (χ4n) is 4.56. The third-order valence-electron chi connectivity index (χ3n) is 6.49. The molecule has 2 aromatic carbocycles. The average Bonchev–Trinajstić information content (AvgIpc) is 2.93. The molecule has 0 spiro atoms. The minimum atomic E-state index is -0.148. The molecule has 0 radical (unpaired) electrons. The Morgan fingerprint density at radius 1 is 1.05 bits per heavy atom. The van der Waals surface area contributed by atoms with Gasteiger partial charge in [0.15, 0.2) is 0 Å². The van der Waals surface area contributed by atoms with E-state index in [1.165, 1.54) is 19.0 Å².